The molecule has 4 atom stereocenters. The summed E-state index contributed by atoms with van der Waals surface area (Å²) in [5.74, 6) is -1.57. The highest BCUT2D eigenvalue weighted by Gasteiger charge is 2.56. The molecule has 2 fully saturated rings. The first-order chi connectivity index (χ1) is 23.7. The van der Waals surface area contributed by atoms with Crippen LogP contribution in [0.4, 0.5) is 5.69 Å². The fourth-order valence-corrected chi connectivity index (χ4v) is 8.25. The first kappa shape index (κ1) is 32.0. The molecule has 246 valence electrons. The van der Waals surface area contributed by atoms with Gasteiger partial charge in [-0.05, 0) is 77.8 Å². The maximum atomic E-state index is 14.3. The number of carbonyl (C=O) groups is 3. The van der Waals surface area contributed by atoms with Crippen molar-refractivity contribution >= 4 is 92.4 Å². The van der Waals surface area contributed by atoms with Crippen molar-refractivity contribution in [1.82, 2.24) is 10.0 Å². The maximum absolute atomic E-state index is 14.3. The lowest BCUT2D eigenvalue weighted by Crippen LogP contribution is -2.45. The van der Waals surface area contributed by atoms with Crippen molar-refractivity contribution in [2.24, 2.45) is 21.4 Å². The zero-order valence-corrected chi connectivity index (χ0v) is 28.7. The van der Waals surface area contributed by atoms with E-state index in [1.165, 1.54) is 10.0 Å². The number of nitrogens with zero attached hydrogens (tertiary/aromatic N) is 6. The van der Waals surface area contributed by atoms with Crippen molar-refractivity contribution in [3.8, 4) is 0 Å². The second-order valence-corrected chi connectivity index (χ2v) is 14.1. The average Bonchev–Trinajstić information content (AvgIpc) is 3.75. The van der Waals surface area contributed by atoms with E-state index in [0.717, 1.165) is 51.8 Å². The molecule has 0 aromatic heterocycles. The minimum Gasteiger partial charge on any atom is -0.271 e. The fraction of sp³-hybridized carbons (Fsp3) is 0.222. The monoisotopic (exact) mass is 730 g/mol. The third-order valence-corrected chi connectivity index (χ3v) is 10.6. The Hall–Kier alpha value is -4.28. The normalized spacial score (nSPS) is 23.9. The van der Waals surface area contributed by atoms with Gasteiger partial charge in [0.05, 0.1) is 17.4 Å². The molecular formula is C36H26Cl4N6O3. The topological polar surface area (TPSA) is 98.0 Å². The Labute approximate surface area is 301 Å². The highest BCUT2D eigenvalue weighted by atomic mass is 35.5. The number of carbonyl (C=O) groups excluding carboxylic acids is 3. The SMILES string of the molecule is O=C1[C@@H]2N=NN(CC(=O)N3N=C4/C(=C/c5ccc(Cl)cc5Cl)CCC[C@H]4[C@H]3c3ccc(Cl)cc3Cl)[C@H]2C(=O)N1c1cccc2ccccc12. The summed E-state index contributed by atoms with van der Waals surface area (Å²) < 4.78 is 0. The first-order valence-corrected chi connectivity index (χ1v) is 17.3. The Morgan fingerprint density at radius 1 is 0.857 bits per heavy atom. The van der Waals surface area contributed by atoms with Crippen LogP contribution in [0.1, 0.15) is 36.4 Å². The van der Waals surface area contributed by atoms with Crippen molar-refractivity contribution in [3.63, 3.8) is 0 Å². The van der Waals surface area contributed by atoms with Crippen LogP contribution in [0.5, 0.6) is 0 Å². The number of hydrogen-bond acceptors (Lipinski definition) is 7. The zero-order chi connectivity index (χ0) is 34.0. The largest absolute Gasteiger partial charge is 0.271 e. The van der Waals surface area contributed by atoms with Crippen LogP contribution in [0.3, 0.4) is 0 Å². The van der Waals surface area contributed by atoms with Gasteiger partial charge in [0.15, 0.2) is 12.1 Å². The van der Waals surface area contributed by atoms with Gasteiger partial charge in [-0.15, -0.1) is 0 Å². The standard InChI is InChI=1S/C36H26Cl4N6O3/c37-22-12-11-20(27(39)16-22)15-21-7-3-9-26-31(21)42-46(33(26)25-14-13-23(38)17-28(25)40)30(47)18-44-34-32(41-43-44)35(48)45(36(34)49)29-10-4-6-19-5-1-2-8-24(19)29/h1-2,4-6,8,10-17,26,32-34H,3,7,9,18H2/b21-15+/t26-,32-,33-,34-/m1/s1. The van der Waals surface area contributed by atoms with E-state index in [4.69, 9.17) is 51.5 Å². The van der Waals surface area contributed by atoms with E-state index in [1.54, 1.807) is 36.4 Å². The molecule has 4 aromatic carbocycles. The molecule has 0 radical (unpaired) electrons. The molecular weight excluding hydrogens is 706 g/mol. The Balaban J connectivity index is 1.12. The summed E-state index contributed by atoms with van der Waals surface area (Å²) in [6.45, 7) is -0.333. The van der Waals surface area contributed by atoms with Crippen molar-refractivity contribution in [1.29, 1.82) is 0 Å². The number of rotatable bonds is 5. The summed E-state index contributed by atoms with van der Waals surface area (Å²) in [5, 5.41) is 19.5. The van der Waals surface area contributed by atoms with E-state index in [9.17, 15) is 14.4 Å². The predicted octanol–water partition coefficient (Wildman–Crippen LogP) is 8.57. The molecule has 3 amide bonds. The van der Waals surface area contributed by atoms with Gasteiger partial charge in [-0.2, -0.15) is 10.2 Å². The number of fused-ring (bicyclic) bond motifs is 3. The number of halogens is 4. The van der Waals surface area contributed by atoms with Gasteiger partial charge in [-0.3, -0.25) is 19.4 Å². The first-order valence-electron chi connectivity index (χ1n) is 15.7. The summed E-state index contributed by atoms with van der Waals surface area (Å²) in [5.41, 5.74) is 3.67. The highest BCUT2D eigenvalue weighted by molar-refractivity contribution is 6.36. The van der Waals surface area contributed by atoms with E-state index in [1.807, 2.05) is 48.5 Å². The van der Waals surface area contributed by atoms with Crippen LogP contribution >= 0.6 is 46.4 Å². The van der Waals surface area contributed by atoms with E-state index in [-0.39, 0.29) is 12.5 Å². The molecule has 1 aliphatic carbocycles. The van der Waals surface area contributed by atoms with E-state index in [2.05, 4.69) is 10.3 Å². The van der Waals surface area contributed by atoms with E-state index < -0.39 is 35.8 Å². The van der Waals surface area contributed by atoms with Gasteiger partial charge in [0.2, 0.25) is 0 Å². The van der Waals surface area contributed by atoms with Gasteiger partial charge >= 0.3 is 0 Å². The minimum absolute atomic E-state index is 0.168. The van der Waals surface area contributed by atoms with Gasteiger partial charge in [0.1, 0.15) is 6.54 Å². The number of hydrogen-bond donors (Lipinski definition) is 0. The second kappa shape index (κ2) is 12.6. The maximum Gasteiger partial charge on any atom is 0.264 e. The van der Waals surface area contributed by atoms with Crippen molar-refractivity contribution in [2.75, 3.05) is 11.4 Å². The Morgan fingerprint density at radius 3 is 2.41 bits per heavy atom. The summed E-state index contributed by atoms with van der Waals surface area (Å²) >= 11 is 25.7. The number of benzene rings is 4. The molecule has 1 saturated heterocycles. The quantitative estimate of drug-likeness (QED) is 0.192. The molecule has 0 N–H and O–H groups in total. The molecule has 0 unspecified atom stereocenters. The van der Waals surface area contributed by atoms with E-state index >= 15 is 0 Å². The number of allylic oxidation sites excluding steroid dienone is 1. The number of hydrazone groups is 1. The van der Waals surface area contributed by atoms with Gasteiger partial charge in [-0.25, -0.2) is 9.91 Å². The summed E-state index contributed by atoms with van der Waals surface area (Å²) in [6.07, 6.45) is 4.35. The molecule has 49 heavy (non-hydrogen) atoms. The van der Waals surface area contributed by atoms with Gasteiger partial charge in [0.25, 0.3) is 17.7 Å². The van der Waals surface area contributed by atoms with Crippen LogP contribution in [-0.4, -0.2) is 52.1 Å². The predicted molar refractivity (Wildman–Crippen MR) is 191 cm³/mol. The molecule has 3 heterocycles. The summed E-state index contributed by atoms with van der Waals surface area (Å²) in [7, 11) is 0. The summed E-state index contributed by atoms with van der Waals surface area (Å²) in [4.78, 5) is 43.0. The highest BCUT2D eigenvalue weighted by Crippen LogP contribution is 2.47. The molecule has 4 aromatic rings. The van der Waals surface area contributed by atoms with E-state index in [0.29, 0.717) is 31.3 Å². The molecule has 3 aliphatic heterocycles. The van der Waals surface area contributed by atoms with Crippen molar-refractivity contribution < 1.29 is 14.4 Å². The smallest absolute Gasteiger partial charge is 0.264 e. The molecule has 0 spiro atoms. The fourth-order valence-electron chi connectivity index (χ4n) is 7.27. The number of anilines is 1. The van der Waals surface area contributed by atoms with Gasteiger partial charge in [0, 0.05) is 31.4 Å². The number of amides is 3. The van der Waals surface area contributed by atoms with Crippen LogP contribution in [-0.2, 0) is 14.4 Å². The third kappa shape index (κ3) is 5.49. The van der Waals surface area contributed by atoms with Crippen LogP contribution in [0.25, 0.3) is 16.8 Å². The molecule has 8 rings (SSSR count). The van der Waals surface area contributed by atoms with Crippen LogP contribution in [0, 0.1) is 5.92 Å². The van der Waals surface area contributed by atoms with Crippen molar-refractivity contribution in [2.45, 2.75) is 37.4 Å². The molecule has 1 saturated carbocycles. The lowest BCUT2D eigenvalue weighted by Gasteiger charge is -2.31. The Kier molecular flexibility index (Phi) is 8.19. The summed E-state index contributed by atoms with van der Waals surface area (Å²) in [6, 6.07) is 20.8. The lowest BCUT2D eigenvalue weighted by molar-refractivity contribution is -0.136. The molecule has 13 heteroatoms. The Bertz CT molecular complexity index is 2160. The molecule has 9 nitrogen and oxygen atoms in total. The Morgan fingerprint density at radius 2 is 1.61 bits per heavy atom. The molecule has 0 bridgehead atoms. The van der Waals surface area contributed by atoms with Crippen molar-refractivity contribution in [3.05, 3.63) is 116 Å². The van der Waals surface area contributed by atoms with Gasteiger partial charge in [-0.1, -0.05) is 100 Å². The van der Waals surface area contributed by atoms with Crippen LogP contribution < -0.4 is 4.90 Å². The minimum atomic E-state index is -1.06. The van der Waals surface area contributed by atoms with Gasteiger partial charge < -0.3 is 0 Å². The van der Waals surface area contributed by atoms with Crippen LogP contribution in [0.2, 0.25) is 20.1 Å². The third-order valence-electron chi connectivity index (χ3n) is 9.49. The lowest BCUT2D eigenvalue weighted by atomic mass is 9.77. The number of imide groups is 1. The second-order valence-electron chi connectivity index (χ2n) is 12.4. The van der Waals surface area contributed by atoms with Crippen LogP contribution in [0.15, 0.2) is 99.9 Å². The zero-order valence-electron chi connectivity index (χ0n) is 25.6. The average molecular weight is 732 g/mol. The molecule has 4 aliphatic rings.